The molecule has 4 aromatic rings. The average Bonchev–Trinajstić information content (AvgIpc) is 3.51. The van der Waals surface area contributed by atoms with E-state index in [1.807, 2.05) is 54.6 Å². The third-order valence-corrected chi connectivity index (χ3v) is 10.8. The summed E-state index contributed by atoms with van der Waals surface area (Å²) in [6.45, 7) is 6.78. The summed E-state index contributed by atoms with van der Waals surface area (Å²) in [5.74, 6) is -0.752. The van der Waals surface area contributed by atoms with Crippen molar-refractivity contribution in [1.29, 1.82) is 0 Å². The third-order valence-electron chi connectivity index (χ3n) is 9.60. The summed E-state index contributed by atoms with van der Waals surface area (Å²) in [6, 6.07) is 23.7. The quantitative estimate of drug-likeness (QED) is 0.102. The molecule has 1 aromatic heterocycles. The first-order chi connectivity index (χ1) is 24.3. The highest BCUT2D eigenvalue weighted by Crippen LogP contribution is 2.39. The van der Waals surface area contributed by atoms with Gasteiger partial charge in [-0.15, -0.1) is 11.3 Å². The molecular weight excluding hydrogens is 645 g/mol. The molecule has 0 saturated heterocycles. The largest absolute Gasteiger partial charge is 0.465 e. The molecule has 1 heterocycles. The zero-order valence-electron chi connectivity index (χ0n) is 29.6. The Hall–Kier alpha value is -4.31. The van der Waals surface area contributed by atoms with Crippen LogP contribution >= 0.6 is 11.3 Å². The summed E-state index contributed by atoms with van der Waals surface area (Å²) in [7, 11) is 1.38. The Balaban J connectivity index is 1.26. The van der Waals surface area contributed by atoms with E-state index in [0.717, 1.165) is 93.1 Å². The van der Waals surface area contributed by atoms with Crippen molar-refractivity contribution in [2.24, 2.45) is 5.73 Å². The molecule has 50 heavy (non-hydrogen) atoms. The lowest BCUT2D eigenvalue weighted by Gasteiger charge is -2.30. The molecule has 4 N–H and O–H groups in total. The molecule has 0 atom stereocenters. The Bertz CT molecular complexity index is 1750. The molecule has 9 heteroatoms. The number of rotatable bonds is 16. The van der Waals surface area contributed by atoms with Gasteiger partial charge in [0.05, 0.1) is 18.2 Å². The van der Waals surface area contributed by atoms with Crippen molar-refractivity contribution in [1.82, 2.24) is 4.90 Å². The summed E-state index contributed by atoms with van der Waals surface area (Å²) in [5.41, 5.74) is 12.7. The van der Waals surface area contributed by atoms with Crippen LogP contribution < -0.4 is 16.4 Å². The van der Waals surface area contributed by atoms with E-state index in [0.29, 0.717) is 40.0 Å². The Morgan fingerprint density at radius 3 is 2.18 bits per heavy atom. The number of nitrogens with zero attached hydrogens (tertiary/aromatic N) is 1. The minimum absolute atomic E-state index is 0.201. The van der Waals surface area contributed by atoms with Gasteiger partial charge < -0.3 is 21.1 Å². The van der Waals surface area contributed by atoms with Crippen molar-refractivity contribution < 1.29 is 19.1 Å². The second-order valence-electron chi connectivity index (χ2n) is 13.0. The lowest BCUT2D eigenvalue weighted by Crippen LogP contribution is -2.35. The topological polar surface area (TPSA) is 114 Å². The fourth-order valence-corrected chi connectivity index (χ4v) is 8.05. The van der Waals surface area contributed by atoms with Crippen LogP contribution in [0.5, 0.6) is 0 Å². The van der Waals surface area contributed by atoms with Crippen molar-refractivity contribution >= 4 is 39.8 Å². The Kier molecular flexibility index (Phi) is 13.4. The van der Waals surface area contributed by atoms with Crippen LogP contribution in [0.1, 0.15) is 104 Å². The van der Waals surface area contributed by atoms with E-state index in [1.165, 1.54) is 23.3 Å². The van der Waals surface area contributed by atoms with E-state index in [-0.39, 0.29) is 17.8 Å². The summed E-state index contributed by atoms with van der Waals surface area (Å²) in [4.78, 5) is 42.9. The maximum atomic E-state index is 13.9. The van der Waals surface area contributed by atoms with Gasteiger partial charge in [-0.25, -0.2) is 4.79 Å². The van der Waals surface area contributed by atoms with Gasteiger partial charge in [-0.3, -0.25) is 14.5 Å². The predicted molar refractivity (Wildman–Crippen MR) is 203 cm³/mol. The molecule has 264 valence electrons. The van der Waals surface area contributed by atoms with Crippen molar-refractivity contribution in [2.75, 3.05) is 30.8 Å². The number of carbonyl (C=O) groups is 3. The second-order valence-corrected chi connectivity index (χ2v) is 14.1. The molecule has 0 fully saturated rings. The standard InChI is InChI=1S/C41H50N4O4S/c1-4-34(5-2)45(25-9-24-42)27-30-10-8-11-32(26-30)38(46)44-40-37(35-12-6-7-13-36(35)50-40)39(47)43-33-22-18-29(19-23-33)15-14-28-16-20-31(21-17-28)41(48)49-3/h8,10-11,16-23,26,34H,4-7,9,12-15,24-25,27,42H2,1-3H3,(H,43,47)(H,44,46). The first-order valence-electron chi connectivity index (χ1n) is 17.9. The molecule has 2 amide bonds. The number of methoxy groups -OCH3 is 1. The van der Waals surface area contributed by atoms with E-state index in [4.69, 9.17) is 10.5 Å². The van der Waals surface area contributed by atoms with Gasteiger partial charge in [0, 0.05) is 28.7 Å². The molecule has 0 unspecified atom stereocenters. The van der Waals surface area contributed by atoms with Crippen molar-refractivity contribution in [3.05, 3.63) is 117 Å². The van der Waals surface area contributed by atoms with Crippen LogP contribution in [-0.4, -0.2) is 48.9 Å². The summed E-state index contributed by atoms with van der Waals surface area (Å²) >= 11 is 1.53. The minimum Gasteiger partial charge on any atom is -0.465 e. The number of fused-ring (bicyclic) bond motifs is 1. The third kappa shape index (κ3) is 9.47. The molecule has 0 saturated carbocycles. The molecule has 3 aromatic carbocycles. The summed E-state index contributed by atoms with van der Waals surface area (Å²) in [6.07, 6.45) is 8.56. The number of nitrogens with one attached hydrogen (secondary N) is 2. The number of ether oxygens (including phenoxy) is 1. The molecule has 0 aliphatic heterocycles. The fourth-order valence-electron chi connectivity index (χ4n) is 6.77. The summed E-state index contributed by atoms with van der Waals surface area (Å²) < 4.78 is 4.78. The van der Waals surface area contributed by atoms with Crippen molar-refractivity contribution in [3.8, 4) is 0 Å². The van der Waals surface area contributed by atoms with E-state index in [1.54, 1.807) is 12.1 Å². The number of esters is 1. The smallest absolute Gasteiger partial charge is 0.337 e. The number of benzene rings is 3. The monoisotopic (exact) mass is 694 g/mol. The van der Waals surface area contributed by atoms with E-state index >= 15 is 0 Å². The van der Waals surface area contributed by atoms with Crippen LogP contribution in [0.2, 0.25) is 0 Å². The molecule has 1 aliphatic carbocycles. The van der Waals surface area contributed by atoms with Crippen molar-refractivity contribution in [3.63, 3.8) is 0 Å². The van der Waals surface area contributed by atoms with Gasteiger partial charge >= 0.3 is 5.97 Å². The SMILES string of the molecule is CCC(CC)N(CCCN)Cc1cccc(C(=O)Nc2sc3c(c2C(=O)Nc2ccc(CCc4ccc(C(=O)OC)cc4)cc2)CCCC3)c1. The second kappa shape index (κ2) is 18.1. The number of hydrogen-bond acceptors (Lipinski definition) is 7. The summed E-state index contributed by atoms with van der Waals surface area (Å²) in [5, 5.41) is 6.84. The maximum absolute atomic E-state index is 13.9. The van der Waals surface area contributed by atoms with Gasteiger partial charge in [0.25, 0.3) is 11.8 Å². The maximum Gasteiger partial charge on any atom is 0.337 e. The molecule has 5 rings (SSSR count). The highest BCUT2D eigenvalue weighted by molar-refractivity contribution is 7.17. The Labute approximate surface area is 300 Å². The molecular formula is C41H50N4O4S. The highest BCUT2D eigenvalue weighted by atomic mass is 32.1. The van der Waals surface area contributed by atoms with Gasteiger partial charge in [0.2, 0.25) is 0 Å². The average molecular weight is 695 g/mol. The Morgan fingerprint density at radius 2 is 1.52 bits per heavy atom. The van der Waals surface area contributed by atoms with E-state index in [9.17, 15) is 14.4 Å². The fraction of sp³-hybridized carbons (Fsp3) is 0.390. The first kappa shape index (κ1) is 37.0. The number of carbonyl (C=O) groups excluding carboxylic acids is 3. The molecule has 8 nitrogen and oxygen atoms in total. The molecule has 0 spiro atoms. The van der Waals surface area contributed by atoms with Crippen LogP contribution in [0.25, 0.3) is 0 Å². The number of hydrogen-bond donors (Lipinski definition) is 3. The van der Waals surface area contributed by atoms with Crippen LogP contribution in [-0.2, 0) is 37.0 Å². The van der Waals surface area contributed by atoms with Gasteiger partial charge in [-0.05, 0) is 130 Å². The Morgan fingerprint density at radius 1 is 0.840 bits per heavy atom. The van der Waals surface area contributed by atoms with E-state index in [2.05, 4.69) is 35.4 Å². The predicted octanol–water partition coefficient (Wildman–Crippen LogP) is 8.04. The molecule has 1 aliphatic rings. The lowest BCUT2D eigenvalue weighted by molar-refractivity contribution is 0.0600. The highest BCUT2D eigenvalue weighted by Gasteiger charge is 2.27. The van der Waals surface area contributed by atoms with Crippen LogP contribution in [0.3, 0.4) is 0 Å². The van der Waals surface area contributed by atoms with Crippen LogP contribution in [0.15, 0.2) is 72.8 Å². The van der Waals surface area contributed by atoms with Crippen molar-refractivity contribution in [2.45, 2.75) is 84.2 Å². The van der Waals surface area contributed by atoms with Gasteiger partial charge in [-0.2, -0.15) is 0 Å². The van der Waals surface area contributed by atoms with Crippen LogP contribution in [0, 0.1) is 0 Å². The lowest BCUT2D eigenvalue weighted by atomic mass is 9.95. The zero-order chi connectivity index (χ0) is 35.5. The number of amides is 2. The normalized spacial score (nSPS) is 12.5. The van der Waals surface area contributed by atoms with Gasteiger partial charge in [-0.1, -0.05) is 50.2 Å². The van der Waals surface area contributed by atoms with Gasteiger partial charge in [0.1, 0.15) is 5.00 Å². The number of thiophene rings is 1. The first-order valence-corrected chi connectivity index (χ1v) is 18.7. The van der Waals surface area contributed by atoms with Gasteiger partial charge in [0.15, 0.2) is 0 Å². The van der Waals surface area contributed by atoms with Crippen LogP contribution in [0.4, 0.5) is 10.7 Å². The molecule has 0 radical (unpaired) electrons. The number of anilines is 2. The molecule has 0 bridgehead atoms. The minimum atomic E-state index is -0.342. The number of aryl methyl sites for hydroxylation is 3. The zero-order valence-corrected chi connectivity index (χ0v) is 30.4. The van der Waals surface area contributed by atoms with E-state index < -0.39 is 0 Å². The number of nitrogens with two attached hydrogens (primary N) is 1.